The highest BCUT2D eigenvalue weighted by molar-refractivity contribution is 6.30. The zero-order valence-corrected chi connectivity index (χ0v) is 15.2. The van der Waals surface area contributed by atoms with Crippen molar-refractivity contribution in [2.45, 2.75) is 33.1 Å². The third kappa shape index (κ3) is 4.60. The van der Waals surface area contributed by atoms with Crippen LogP contribution in [0.25, 0.3) is 0 Å². The van der Waals surface area contributed by atoms with Crippen molar-refractivity contribution < 1.29 is 0 Å². The molecule has 0 amide bonds. The molecule has 0 aliphatic carbocycles. The molecule has 0 saturated carbocycles. The van der Waals surface area contributed by atoms with E-state index in [9.17, 15) is 0 Å². The highest BCUT2D eigenvalue weighted by Crippen LogP contribution is 2.21. The van der Waals surface area contributed by atoms with E-state index in [1.807, 2.05) is 25.1 Å². The predicted molar refractivity (Wildman–Crippen MR) is 101 cm³/mol. The molecule has 5 heteroatoms. The second-order valence-corrected chi connectivity index (χ2v) is 7.10. The van der Waals surface area contributed by atoms with Crippen LogP contribution in [0.3, 0.4) is 0 Å². The lowest BCUT2D eigenvalue weighted by Gasteiger charge is -2.30. The Morgan fingerprint density at radius 2 is 1.88 bits per heavy atom. The number of hydrogen-bond acceptors (Lipinski definition) is 4. The van der Waals surface area contributed by atoms with Crippen LogP contribution in [0.4, 0.5) is 11.8 Å². The molecule has 128 valence electrons. The zero-order chi connectivity index (χ0) is 16.9. The molecule has 0 spiro atoms. The van der Waals surface area contributed by atoms with Crippen LogP contribution in [-0.4, -0.2) is 29.6 Å². The van der Waals surface area contributed by atoms with E-state index in [4.69, 9.17) is 16.6 Å². The Balaban J connectivity index is 1.60. The Morgan fingerprint density at radius 1 is 1.17 bits per heavy atom. The summed E-state index contributed by atoms with van der Waals surface area (Å²) in [5.74, 6) is 2.57. The lowest BCUT2D eigenvalue weighted by atomic mass is 10.00. The topological polar surface area (TPSA) is 41.1 Å². The fourth-order valence-corrected chi connectivity index (χ4v) is 3.11. The number of rotatable bonds is 5. The molecule has 4 nitrogen and oxygen atoms in total. The van der Waals surface area contributed by atoms with Crippen molar-refractivity contribution in [2.75, 3.05) is 29.9 Å². The van der Waals surface area contributed by atoms with Gasteiger partial charge in [0.1, 0.15) is 5.82 Å². The summed E-state index contributed by atoms with van der Waals surface area (Å²) in [7, 11) is 0. The Morgan fingerprint density at radius 3 is 2.58 bits per heavy atom. The summed E-state index contributed by atoms with van der Waals surface area (Å²) < 4.78 is 0. The van der Waals surface area contributed by atoms with Crippen LogP contribution in [0.1, 0.15) is 31.0 Å². The van der Waals surface area contributed by atoms with Crippen LogP contribution in [0.2, 0.25) is 5.02 Å². The fourth-order valence-electron chi connectivity index (χ4n) is 2.98. The number of hydrogen-bond donors (Lipinski definition) is 1. The summed E-state index contributed by atoms with van der Waals surface area (Å²) in [5, 5.41) is 4.20. The molecule has 3 rings (SSSR count). The van der Waals surface area contributed by atoms with Gasteiger partial charge in [0, 0.05) is 36.4 Å². The molecule has 1 aromatic carbocycles. The SMILES string of the molecule is Cc1cc(NCCc2ccc(Cl)cc2)nc(N2CCC(C)CC2)n1. The molecule has 0 radical (unpaired) electrons. The molecule has 1 saturated heterocycles. The number of piperidine rings is 1. The maximum absolute atomic E-state index is 5.92. The Bertz CT molecular complexity index is 664. The fraction of sp³-hybridized carbons (Fsp3) is 0.474. The lowest BCUT2D eigenvalue weighted by Crippen LogP contribution is -2.34. The highest BCUT2D eigenvalue weighted by Gasteiger charge is 2.18. The van der Waals surface area contributed by atoms with Gasteiger partial charge in [-0.1, -0.05) is 30.7 Å². The first-order valence-electron chi connectivity index (χ1n) is 8.69. The van der Waals surface area contributed by atoms with Crippen molar-refractivity contribution in [1.82, 2.24) is 9.97 Å². The molecule has 2 heterocycles. The van der Waals surface area contributed by atoms with E-state index in [2.05, 4.69) is 34.3 Å². The molecule has 1 N–H and O–H groups in total. The van der Waals surface area contributed by atoms with Crippen LogP contribution in [0, 0.1) is 12.8 Å². The predicted octanol–water partition coefficient (Wildman–Crippen LogP) is 4.33. The summed E-state index contributed by atoms with van der Waals surface area (Å²) in [6.45, 7) is 7.29. The van der Waals surface area contributed by atoms with Crippen molar-refractivity contribution in [3.05, 3.63) is 46.6 Å². The van der Waals surface area contributed by atoms with Crippen LogP contribution < -0.4 is 10.2 Å². The van der Waals surface area contributed by atoms with Gasteiger partial charge in [0.15, 0.2) is 0 Å². The van der Waals surface area contributed by atoms with Crippen LogP contribution in [-0.2, 0) is 6.42 Å². The van der Waals surface area contributed by atoms with Gasteiger partial charge in [0.05, 0.1) is 0 Å². The third-order valence-electron chi connectivity index (χ3n) is 4.54. The van der Waals surface area contributed by atoms with E-state index in [-0.39, 0.29) is 0 Å². The van der Waals surface area contributed by atoms with Crippen molar-refractivity contribution >= 4 is 23.4 Å². The van der Waals surface area contributed by atoms with E-state index in [1.54, 1.807) is 0 Å². The first kappa shape index (κ1) is 17.0. The van der Waals surface area contributed by atoms with E-state index in [1.165, 1.54) is 18.4 Å². The summed E-state index contributed by atoms with van der Waals surface area (Å²) in [4.78, 5) is 11.6. The average Bonchev–Trinajstić information content (AvgIpc) is 2.57. The quantitative estimate of drug-likeness (QED) is 0.876. The monoisotopic (exact) mass is 344 g/mol. The standard InChI is InChI=1S/C19H25ClN4/c1-14-8-11-24(12-9-14)19-22-15(2)13-18(23-19)21-10-7-16-3-5-17(20)6-4-16/h3-6,13-14H,7-12H2,1-2H3,(H,21,22,23). The largest absolute Gasteiger partial charge is 0.370 e. The minimum absolute atomic E-state index is 0.777. The number of benzene rings is 1. The number of aryl methyl sites for hydroxylation is 1. The molecule has 0 unspecified atom stereocenters. The van der Waals surface area contributed by atoms with Gasteiger partial charge in [-0.2, -0.15) is 4.98 Å². The summed E-state index contributed by atoms with van der Waals surface area (Å²) in [6.07, 6.45) is 3.38. The normalized spacial score (nSPS) is 15.5. The molecular weight excluding hydrogens is 320 g/mol. The van der Waals surface area contributed by atoms with Gasteiger partial charge in [0.2, 0.25) is 5.95 Å². The second-order valence-electron chi connectivity index (χ2n) is 6.67. The third-order valence-corrected chi connectivity index (χ3v) is 4.79. The van der Waals surface area contributed by atoms with Crippen molar-refractivity contribution in [3.63, 3.8) is 0 Å². The summed E-state index contributed by atoms with van der Waals surface area (Å²) >= 11 is 5.92. The minimum atomic E-state index is 0.777. The molecule has 0 atom stereocenters. The summed E-state index contributed by atoms with van der Waals surface area (Å²) in [6, 6.07) is 10.0. The van der Waals surface area contributed by atoms with Crippen molar-refractivity contribution in [2.24, 2.45) is 5.92 Å². The van der Waals surface area contributed by atoms with Crippen LogP contribution in [0.15, 0.2) is 30.3 Å². The van der Waals surface area contributed by atoms with Gasteiger partial charge < -0.3 is 10.2 Å². The maximum atomic E-state index is 5.92. The molecule has 24 heavy (non-hydrogen) atoms. The molecule has 0 bridgehead atoms. The average molecular weight is 345 g/mol. The number of halogens is 1. The van der Waals surface area contributed by atoms with Gasteiger partial charge in [0.25, 0.3) is 0 Å². The zero-order valence-electron chi connectivity index (χ0n) is 14.4. The second kappa shape index (κ2) is 7.84. The van der Waals surface area contributed by atoms with Gasteiger partial charge in [-0.25, -0.2) is 4.98 Å². The smallest absolute Gasteiger partial charge is 0.227 e. The van der Waals surface area contributed by atoms with Gasteiger partial charge in [-0.15, -0.1) is 0 Å². The number of anilines is 2. The first-order chi connectivity index (χ1) is 11.6. The first-order valence-corrected chi connectivity index (χ1v) is 9.07. The lowest BCUT2D eigenvalue weighted by molar-refractivity contribution is 0.434. The molecule has 1 aliphatic rings. The Kier molecular flexibility index (Phi) is 5.56. The molecule has 2 aromatic rings. The van der Waals surface area contributed by atoms with E-state index in [0.717, 1.165) is 54.5 Å². The molecule has 1 fully saturated rings. The van der Waals surface area contributed by atoms with Crippen molar-refractivity contribution in [3.8, 4) is 0 Å². The Hall–Kier alpha value is -1.81. The maximum Gasteiger partial charge on any atom is 0.227 e. The number of nitrogens with zero attached hydrogens (tertiary/aromatic N) is 3. The van der Waals surface area contributed by atoms with Crippen LogP contribution >= 0.6 is 11.6 Å². The molecule has 1 aromatic heterocycles. The molecule has 1 aliphatic heterocycles. The highest BCUT2D eigenvalue weighted by atomic mass is 35.5. The number of aromatic nitrogens is 2. The van der Waals surface area contributed by atoms with Gasteiger partial charge in [-0.05, 0) is 49.8 Å². The molecular formula is C19H25ClN4. The Labute approximate surface area is 149 Å². The van der Waals surface area contributed by atoms with E-state index in [0.29, 0.717) is 0 Å². The van der Waals surface area contributed by atoms with E-state index < -0.39 is 0 Å². The summed E-state index contributed by atoms with van der Waals surface area (Å²) in [5.41, 5.74) is 2.27. The minimum Gasteiger partial charge on any atom is -0.370 e. The van der Waals surface area contributed by atoms with Gasteiger partial charge >= 0.3 is 0 Å². The van der Waals surface area contributed by atoms with Crippen LogP contribution in [0.5, 0.6) is 0 Å². The van der Waals surface area contributed by atoms with Crippen molar-refractivity contribution in [1.29, 1.82) is 0 Å². The number of nitrogens with one attached hydrogen (secondary N) is 1. The van der Waals surface area contributed by atoms with E-state index >= 15 is 0 Å². The van der Waals surface area contributed by atoms with Gasteiger partial charge in [-0.3, -0.25) is 0 Å².